The summed E-state index contributed by atoms with van der Waals surface area (Å²) < 4.78 is 22.4. The second-order valence-corrected chi connectivity index (χ2v) is 5.26. The van der Waals surface area contributed by atoms with E-state index in [0.29, 0.717) is 13.2 Å². The molecule has 2 aliphatic rings. The van der Waals surface area contributed by atoms with Crippen LogP contribution in [0.1, 0.15) is 13.8 Å². The van der Waals surface area contributed by atoms with Crippen LogP contribution in [-0.2, 0) is 18.9 Å². The highest BCUT2D eigenvalue weighted by atomic mass is 16.8. The molecule has 2 rings (SSSR count). The average molecular weight is 286 g/mol. The minimum atomic E-state index is -1.01. The van der Waals surface area contributed by atoms with Crippen LogP contribution in [0.4, 0.5) is 0 Å². The zero-order valence-electron chi connectivity index (χ0n) is 11.8. The molecule has 0 saturated carbocycles. The van der Waals surface area contributed by atoms with Gasteiger partial charge in [0, 0.05) is 0 Å². The van der Waals surface area contributed by atoms with Crippen LogP contribution in [0.5, 0.6) is 0 Å². The molecule has 0 aromatic heterocycles. The van der Waals surface area contributed by atoms with Crippen molar-refractivity contribution in [1.82, 2.24) is 0 Å². The molecule has 2 saturated heterocycles. The molecule has 0 spiro atoms. The Morgan fingerprint density at radius 2 is 2.15 bits per heavy atom. The van der Waals surface area contributed by atoms with Gasteiger partial charge in [0.2, 0.25) is 0 Å². The highest BCUT2D eigenvalue weighted by Crippen LogP contribution is 2.41. The Bertz CT molecular complexity index is 378. The zero-order valence-corrected chi connectivity index (χ0v) is 11.8. The molecule has 6 nitrogen and oxygen atoms in total. The Kier molecular flexibility index (Phi) is 4.95. The summed E-state index contributed by atoms with van der Waals surface area (Å²) in [5.41, 5.74) is 0.742. The molecule has 2 fully saturated rings. The number of aliphatic hydroxyl groups excluding tert-OH is 2. The SMILES string of the molecule is C=CCOC/C=C1/[C@H]2OC(C)(C)O[C@H]2O[C@@H]1[C@H](O)CO. The fourth-order valence-corrected chi connectivity index (χ4v) is 2.39. The van der Waals surface area contributed by atoms with Crippen LogP contribution >= 0.6 is 0 Å². The van der Waals surface area contributed by atoms with Gasteiger partial charge in [0.25, 0.3) is 0 Å². The van der Waals surface area contributed by atoms with Crippen molar-refractivity contribution in [3.05, 3.63) is 24.3 Å². The second kappa shape index (κ2) is 6.34. The lowest BCUT2D eigenvalue weighted by Crippen LogP contribution is -2.34. The van der Waals surface area contributed by atoms with E-state index in [9.17, 15) is 5.11 Å². The lowest BCUT2D eigenvalue weighted by molar-refractivity contribution is -0.209. The zero-order chi connectivity index (χ0) is 14.8. The molecule has 0 aliphatic carbocycles. The Balaban J connectivity index is 2.10. The maximum Gasteiger partial charge on any atom is 0.191 e. The molecular weight excluding hydrogens is 264 g/mol. The molecule has 2 heterocycles. The van der Waals surface area contributed by atoms with Gasteiger partial charge in [-0.15, -0.1) is 6.58 Å². The van der Waals surface area contributed by atoms with Crippen LogP contribution in [0, 0.1) is 0 Å². The lowest BCUT2D eigenvalue weighted by Gasteiger charge is -2.23. The summed E-state index contributed by atoms with van der Waals surface area (Å²) in [6, 6.07) is 0. The topological polar surface area (TPSA) is 77.4 Å². The molecule has 20 heavy (non-hydrogen) atoms. The summed E-state index contributed by atoms with van der Waals surface area (Å²) in [5.74, 6) is -0.731. The van der Waals surface area contributed by atoms with Gasteiger partial charge in [-0.2, -0.15) is 0 Å². The number of hydrogen-bond acceptors (Lipinski definition) is 6. The van der Waals surface area contributed by atoms with Crippen LogP contribution in [0.3, 0.4) is 0 Å². The fraction of sp³-hybridized carbons (Fsp3) is 0.714. The normalized spacial score (nSPS) is 35.2. The Hall–Kier alpha value is -0.760. The summed E-state index contributed by atoms with van der Waals surface area (Å²) in [7, 11) is 0. The van der Waals surface area contributed by atoms with Crippen molar-refractivity contribution in [3.63, 3.8) is 0 Å². The summed E-state index contributed by atoms with van der Waals surface area (Å²) in [6.07, 6.45) is 0.859. The van der Waals surface area contributed by atoms with Gasteiger partial charge < -0.3 is 29.2 Å². The van der Waals surface area contributed by atoms with E-state index in [1.165, 1.54) is 0 Å². The molecule has 0 amide bonds. The third kappa shape index (κ3) is 3.28. The first-order valence-electron chi connectivity index (χ1n) is 6.67. The van der Waals surface area contributed by atoms with Crippen LogP contribution < -0.4 is 0 Å². The maximum absolute atomic E-state index is 9.83. The predicted molar refractivity (Wildman–Crippen MR) is 70.9 cm³/mol. The van der Waals surface area contributed by atoms with Gasteiger partial charge in [-0.3, -0.25) is 0 Å². The number of rotatable bonds is 6. The highest BCUT2D eigenvalue weighted by molar-refractivity contribution is 5.23. The van der Waals surface area contributed by atoms with E-state index in [4.69, 9.17) is 24.1 Å². The first-order valence-corrected chi connectivity index (χ1v) is 6.67. The predicted octanol–water partition coefficient (Wildman–Crippen LogP) is 0.345. The Morgan fingerprint density at radius 3 is 2.80 bits per heavy atom. The van der Waals surface area contributed by atoms with Crippen LogP contribution in [0.15, 0.2) is 24.3 Å². The average Bonchev–Trinajstić information content (AvgIpc) is 2.86. The Morgan fingerprint density at radius 1 is 1.40 bits per heavy atom. The molecule has 2 N–H and O–H groups in total. The van der Waals surface area contributed by atoms with Crippen molar-refractivity contribution in [3.8, 4) is 0 Å². The third-order valence-corrected chi connectivity index (χ3v) is 3.20. The molecule has 0 aromatic carbocycles. The summed E-state index contributed by atoms with van der Waals surface area (Å²) in [4.78, 5) is 0. The van der Waals surface area contributed by atoms with Gasteiger partial charge in [0.1, 0.15) is 18.3 Å². The quantitative estimate of drug-likeness (QED) is 0.542. The number of ether oxygens (including phenoxy) is 4. The lowest BCUT2D eigenvalue weighted by atomic mass is 10.0. The van der Waals surface area contributed by atoms with Crippen molar-refractivity contribution in [2.24, 2.45) is 0 Å². The highest BCUT2D eigenvalue weighted by Gasteiger charge is 2.52. The molecule has 4 atom stereocenters. The van der Waals surface area contributed by atoms with Crippen molar-refractivity contribution in [2.75, 3.05) is 19.8 Å². The minimum absolute atomic E-state index is 0.354. The molecular formula is C14H22O6. The van der Waals surface area contributed by atoms with Gasteiger partial charge in [0.05, 0.1) is 19.8 Å². The van der Waals surface area contributed by atoms with Gasteiger partial charge in [0.15, 0.2) is 12.1 Å². The van der Waals surface area contributed by atoms with Crippen molar-refractivity contribution in [1.29, 1.82) is 0 Å². The van der Waals surface area contributed by atoms with Crippen molar-refractivity contribution < 1.29 is 29.2 Å². The fourth-order valence-electron chi connectivity index (χ4n) is 2.39. The number of aliphatic hydroxyl groups is 2. The minimum Gasteiger partial charge on any atom is -0.394 e. The largest absolute Gasteiger partial charge is 0.394 e. The smallest absolute Gasteiger partial charge is 0.191 e. The Labute approximate surface area is 118 Å². The molecule has 0 aromatic rings. The van der Waals surface area contributed by atoms with Gasteiger partial charge in [-0.05, 0) is 19.4 Å². The van der Waals surface area contributed by atoms with E-state index in [1.807, 2.05) is 6.08 Å². The van der Waals surface area contributed by atoms with Gasteiger partial charge in [-0.25, -0.2) is 0 Å². The van der Waals surface area contributed by atoms with Gasteiger partial charge in [-0.1, -0.05) is 12.2 Å². The first-order chi connectivity index (χ1) is 9.48. The summed E-state index contributed by atoms with van der Waals surface area (Å²) in [6.45, 7) is 7.58. The molecule has 114 valence electrons. The molecule has 0 radical (unpaired) electrons. The summed E-state index contributed by atoms with van der Waals surface area (Å²) >= 11 is 0. The molecule has 6 heteroatoms. The van der Waals surface area contributed by atoms with Crippen molar-refractivity contribution >= 4 is 0 Å². The second-order valence-electron chi connectivity index (χ2n) is 5.26. The van der Waals surface area contributed by atoms with Crippen LogP contribution in [-0.4, -0.2) is 60.4 Å². The maximum atomic E-state index is 9.83. The molecule has 0 unspecified atom stereocenters. The monoisotopic (exact) mass is 286 g/mol. The van der Waals surface area contributed by atoms with Crippen molar-refractivity contribution in [2.45, 2.75) is 44.2 Å². The first kappa shape index (κ1) is 15.6. The number of hydrogen-bond donors (Lipinski definition) is 2. The van der Waals surface area contributed by atoms with E-state index < -0.39 is 30.9 Å². The van der Waals surface area contributed by atoms with Crippen LogP contribution in [0.25, 0.3) is 0 Å². The molecule has 2 aliphatic heterocycles. The molecule has 0 bridgehead atoms. The van der Waals surface area contributed by atoms with E-state index >= 15 is 0 Å². The van der Waals surface area contributed by atoms with E-state index in [1.54, 1.807) is 19.9 Å². The standard InChI is InChI=1S/C14H22O6/c1-4-6-17-7-5-9-11(10(16)8-15)18-13-12(9)19-14(2,3)20-13/h4-5,10-13,15-16H,1,6-8H2,2-3H3/b9-5+/t10-,11+,12-,13-/m1/s1. The third-order valence-electron chi connectivity index (χ3n) is 3.20. The summed E-state index contributed by atoms with van der Waals surface area (Å²) in [5, 5.41) is 18.9. The van der Waals surface area contributed by atoms with Crippen LogP contribution in [0.2, 0.25) is 0 Å². The number of fused-ring (bicyclic) bond motifs is 1. The van der Waals surface area contributed by atoms with E-state index in [-0.39, 0.29) is 6.10 Å². The van der Waals surface area contributed by atoms with Gasteiger partial charge >= 0.3 is 0 Å². The van der Waals surface area contributed by atoms with E-state index in [2.05, 4.69) is 6.58 Å². The van der Waals surface area contributed by atoms with E-state index in [0.717, 1.165) is 5.57 Å².